The first-order chi connectivity index (χ1) is 4.41. The summed E-state index contributed by atoms with van der Waals surface area (Å²) >= 11 is 0. The van der Waals surface area contributed by atoms with Crippen LogP contribution in [0.4, 0.5) is 0 Å². The van der Waals surface area contributed by atoms with E-state index in [9.17, 15) is 0 Å². The van der Waals surface area contributed by atoms with E-state index in [0.29, 0.717) is 5.60 Å². The third-order valence-electron chi connectivity index (χ3n) is 2.45. The molecular weight excluding hydrogens is 112 g/mol. The fourth-order valence-electron chi connectivity index (χ4n) is 1.60. The lowest BCUT2D eigenvalue weighted by Crippen LogP contribution is -2.39. The molecule has 0 aromatic heterocycles. The second-order valence-corrected chi connectivity index (χ2v) is 3.06. The van der Waals surface area contributed by atoms with Gasteiger partial charge in [0.05, 0.1) is 6.26 Å². The molecule has 1 spiro atoms. The van der Waals surface area contributed by atoms with Crippen molar-refractivity contribution in [1.82, 2.24) is 0 Å². The van der Waals surface area contributed by atoms with Crippen LogP contribution in [-0.4, -0.2) is 5.60 Å². The predicted octanol–water partition coefficient (Wildman–Crippen LogP) is 2.23. The minimum Gasteiger partial charge on any atom is -0.495 e. The van der Waals surface area contributed by atoms with Crippen molar-refractivity contribution < 1.29 is 4.74 Å². The van der Waals surface area contributed by atoms with Gasteiger partial charge in [0.15, 0.2) is 0 Å². The molecule has 1 fully saturated rings. The van der Waals surface area contributed by atoms with Gasteiger partial charge in [0.1, 0.15) is 5.60 Å². The summed E-state index contributed by atoms with van der Waals surface area (Å²) in [4.78, 5) is 0. The van der Waals surface area contributed by atoms with Gasteiger partial charge in [-0.2, -0.15) is 0 Å². The van der Waals surface area contributed by atoms with E-state index < -0.39 is 0 Å². The van der Waals surface area contributed by atoms with E-state index in [4.69, 9.17) is 4.74 Å². The smallest absolute Gasteiger partial charge is 0.108 e. The van der Waals surface area contributed by atoms with Gasteiger partial charge in [0.2, 0.25) is 0 Å². The number of allylic oxidation sites excluding steroid dienone is 1. The molecule has 0 bridgehead atoms. The van der Waals surface area contributed by atoms with Crippen LogP contribution in [0.15, 0.2) is 12.3 Å². The first-order valence-corrected chi connectivity index (χ1v) is 3.74. The van der Waals surface area contributed by atoms with Crippen molar-refractivity contribution in [1.29, 1.82) is 0 Å². The standard InChI is InChI=1S/C8H12O/c1-2-7-9-8(4-1)5-3-6-8/h2,7H,1,3-6H2. The molecule has 2 rings (SSSR count). The molecule has 1 heterocycles. The molecule has 1 saturated carbocycles. The Morgan fingerprint density at radius 2 is 2.11 bits per heavy atom. The van der Waals surface area contributed by atoms with Gasteiger partial charge < -0.3 is 4.74 Å². The normalized spacial score (nSPS) is 29.3. The highest BCUT2D eigenvalue weighted by molar-refractivity contribution is 4.97. The van der Waals surface area contributed by atoms with Crippen molar-refractivity contribution in [3.8, 4) is 0 Å². The highest BCUT2D eigenvalue weighted by Crippen LogP contribution is 2.41. The van der Waals surface area contributed by atoms with Crippen LogP contribution in [0, 0.1) is 0 Å². The molecule has 1 aliphatic carbocycles. The van der Waals surface area contributed by atoms with E-state index in [-0.39, 0.29) is 0 Å². The number of ether oxygens (including phenoxy) is 1. The molecule has 9 heavy (non-hydrogen) atoms. The van der Waals surface area contributed by atoms with E-state index in [1.807, 2.05) is 6.26 Å². The van der Waals surface area contributed by atoms with Crippen LogP contribution in [0.2, 0.25) is 0 Å². The first kappa shape index (κ1) is 5.33. The lowest BCUT2D eigenvalue weighted by atomic mass is 9.76. The van der Waals surface area contributed by atoms with Crippen LogP contribution in [0.3, 0.4) is 0 Å². The SMILES string of the molecule is C1=COC2(CC1)CCC2. The fourth-order valence-corrected chi connectivity index (χ4v) is 1.60. The molecule has 1 nitrogen and oxygen atoms in total. The summed E-state index contributed by atoms with van der Waals surface area (Å²) in [6.07, 6.45) is 10.4. The van der Waals surface area contributed by atoms with Gasteiger partial charge in [-0.25, -0.2) is 0 Å². The average molecular weight is 124 g/mol. The monoisotopic (exact) mass is 124 g/mol. The molecule has 0 unspecified atom stereocenters. The van der Waals surface area contributed by atoms with E-state index in [1.54, 1.807) is 0 Å². The van der Waals surface area contributed by atoms with Gasteiger partial charge in [0.25, 0.3) is 0 Å². The predicted molar refractivity (Wildman–Crippen MR) is 36.0 cm³/mol. The molecule has 50 valence electrons. The molecule has 0 saturated heterocycles. The largest absolute Gasteiger partial charge is 0.495 e. The Balaban J connectivity index is 2.04. The Hall–Kier alpha value is -0.460. The second kappa shape index (κ2) is 1.76. The maximum atomic E-state index is 5.52. The van der Waals surface area contributed by atoms with E-state index in [0.717, 1.165) is 0 Å². The van der Waals surface area contributed by atoms with Crippen molar-refractivity contribution >= 4 is 0 Å². The van der Waals surface area contributed by atoms with Gasteiger partial charge in [-0.05, 0) is 38.2 Å². The van der Waals surface area contributed by atoms with Crippen LogP contribution in [0.5, 0.6) is 0 Å². The Morgan fingerprint density at radius 3 is 2.44 bits per heavy atom. The summed E-state index contributed by atoms with van der Waals surface area (Å²) in [7, 11) is 0. The second-order valence-electron chi connectivity index (χ2n) is 3.06. The summed E-state index contributed by atoms with van der Waals surface area (Å²) in [6, 6.07) is 0. The van der Waals surface area contributed by atoms with Crippen LogP contribution >= 0.6 is 0 Å². The third-order valence-corrected chi connectivity index (χ3v) is 2.45. The fraction of sp³-hybridized carbons (Fsp3) is 0.750. The summed E-state index contributed by atoms with van der Waals surface area (Å²) in [5.41, 5.74) is 0.314. The molecule has 0 N–H and O–H groups in total. The molecule has 0 atom stereocenters. The van der Waals surface area contributed by atoms with Crippen LogP contribution in [0.1, 0.15) is 32.1 Å². The van der Waals surface area contributed by atoms with Crippen LogP contribution in [0.25, 0.3) is 0 Å². The minimum atomic E-state index is 0.314. The maximum Gasteiger partial charge on any atom is 0.108 e. The van der Waals surface area contributed by atoms with Gasteiger partial charge >= 0.3 is 0 Å². The maximum absolute atomic E-state index is 5.52. The average Bonchev–Trinajstić information content (AvgIpc) is 1.87. The lowest BCUT2D eigenvalue weighted by molar-refractivity contribution is -0.0597. The summed E-state index contributed by atoms with van der Waals surface area (Å²) in [6.45, 7) is 0. The highest BCUT2D eigenvalue weighted by Gasteiger charge is 2.38. The molecule has 0 aromatic carbocycles. The molecule has 2 aliphatic rings. The van der Waals surface area contributed by atoms with Crippen molar-refractivity contribution in [3.05, 3.63) is 12.3 Å². The molecule has 0 aromatic rings. The molecular formula is C8H12O. The summed E-state index contributed by atoms with van der Waals surface area (Å²) in [5.74, 6) is 0. The van der Waals surface area contributed by atoms with Crippen LogP contribution < -0.4 is 0 Å². The van der Waals surface area contributed by atoms with Crippen molar-refractivity contribution in [3.63, 3.8) is 0 Å². The topological polar surface area (TPSA) is 9.23 Å². The Kier molecular flexibility index (Phi) is 1.04. The van der Waals surface area contributed by atoms with E-state index >= 15 is 0 Å². The highest BCUT2D eigenvalue weighted by atomic mass is 16.5. The number of rotatable bonds is 0. The van der Waals surface area contributed by atoms with Crippen LogP contribution in [-0.2, 0) is 4.74 Å². The third kappa shape index (κ3) is 0.752. The zero-order valence-corrected chi connectivity index (χ0v) is 5.60. The lowest BCUT2D eigenvalue weighted by Gasteiger charge is -2.42. The zero-order chi connectivity index (χ0) is 6.16. The Labute approximate surface area is 55.7 Å². The number of hydrogen-bond donors (Lipinski definition) is 0. The molecule has 1 heteroatoms. The summed E-state index contributed by atoms with van der Waals surface area (Å²) < 4.78 is 5.52. The van der Waals surface area contributed by atoms with E-state index in [1.165, 1.54) is 32.1 Å². The summed E-state index contributed by atoms with van der Waals surface area (Å²) in [5, 5.41) is 0. The number of hydrogen-bond acceptors (Lipinski definition) is 1. The Bertz CT molecular complexity index is 134. The molecule has 1 aliphatic heterocycles. The zero-order valence-electron chi connectivity index (χ0n) is 5.60. The minimum absolute atomic E-state index is 0.314. The Morgan fingerprint density at radius 1 is 1.22 bits per heavy atom. The van der Waals surface area contributed by atoms with Crippen molar-refractivity contribution in [2.45, 2.75) is 37.7 Å². The van der Waals surface area contributed by atoms with Gasteiger partial charge in [-0.1, -0.05) is 0 Å². The van der Waals surface area contributed by atoms with E-state index in [2.05, 4.69) is 6.08 Å². The quantitative estimate of drug-likeness (QED) is 0.481. The van der Waals surface area contributed by atoms with Gasteiger partial charge in [-0.3, -0.25) is 0 Å². The van der Waals surface area contributed by atoms with Gasteiger partial charge in [-0.15, -0.1) is 0 Å². The first-order valence-electron chi connectivity index (χ1n) is 3.74. The molecule has 0 radical (unpaired) electrons. The van der Waals surface area contributed by atoms with Gasteiger partial charge in [0, 0.05) is 0 Å². The van der Waals surface area contributed by atoms with Crippen molar-refractivity contribution in [2.24, 2.45) is 0 Å². The van der Waals surface area contributed by atoms with Crippen molar-refractivity contribution in [2.75, 3.05) is 0 Å². The molecule has 0 amide bonds.